The molecule has 1 amide bonds. The van der Waals surface area contributed by atoms with Gasteiger partial charge in [-0.3, -0.25) is 4.79 Å². The minimum atomic E-state index is 0.194. The molecular weight excluding hydrogens is 214 g/mol. The maximum Gasteiger partial charge on any atom is 0.219 e. The minimum absolute atomic E-state index is 0.194. The lowest BCUT2D eigenvalue weighted by Crippen LogP contribution is -2.29. The Hall–Kier alpha value is -0.610. The molecule has 0 aliphatic carbocycles. The first-order chi connectivity index (χ1) is 8.16. The van der Waals surface area contributed by atoms with Crippen LogP contribution in [0.3, 0.4) is 0 Å². The first-order valence-corrected chi connectivity index (χ1v) is 6.81. The zero-order valence-corrected chi connectivity index (χ0v) is 11.6. The number of unbranched alkanes of at least 4 members (excludes halogenated alkanes) is 2. The summed E-state index contributed by atoms with van der Waals surface area (Å²) in [5.74, 6) is 0.194. The van der Waals surface area contributed by atoms with Crippen molar-refractivity contribution in [1.29, 1.82) is 0 Å². The molecule has 0 aliphatic heterocycles. The van der Waals surface area contributed by atoms with E-state index in [0.717, 1.165) is 45.3 Å². The number of nitrogens with one attached hydrogen (secondary N) is 3. The Labute approximate surface area is 106 Å². The van der Waals surface area contributed by atoms with E-state index in [2.05, 4.69) is 29.8 Å². The van der Waals surface area contributed by atoms with Crippen LogP contribution >= 0.6 is 0 Å². The van der Waals surface area contributed by atoms with Crippen molar-refractivity contribution in [1.82, 2.24) is 16.0 Å². The molecule has 0 saturated heterocycles. The van der Waals surface area contributed by atoms with E-state index in [1.54, 1.807) is 0 Å². The molecule has 4 heteroatoms. The fraction of sp³-hybridized carbons (Fsp3) is 0.923. The van der Waals surface area contributed by atoms with E-state index in [-0.39, 0.29) is 5.91 Å². The maximum absolute atomic E-state index is 11.4. The van der Waals surface area contributed by atoms with E-state index in [9.17, 15) is 4.79 Å². The maximum atomic E-state index is 11.4. The standard InChI is InChI=1S/C13H29N3O/c1-12(2)15-10-7-11-16-13(17)8-5-4-6-9-14-3/h12,14-15H,4-11H2,1-3H3,(H,16,17). The first-order valence-electron chi connectivity index (χ1n) is 6.81. The summed E-state index contributed by atoms with van der Waals surface area (Å²) in [5, 5.41) is 9.39. The summed E-state index contributed by atoms with van der Waals surface area (Å²) in [5.41, 5.74) is 0. The van der Waals surface area contributed by atoms with Gasteiger partial charge in [-0.2, -0.15) is 0 Å². The summed E-state index contributed by atoms with van der Waals surface area (Å²) in [6.07, 6.45) is 4.95. The Kier molecular flexibility index (Phi) is 11.4. The van der Waals surface area contributed by atoms with Crippen LogP contribution < -0.4 is 16.0 Å². The quantitative estimate of drug-likeness (QED) is 0.479. The number of hydrogen-bond acceptors (Lipinski definition) is 3. The Bertz CT molecular complexity index is 184. The van der Waals surface area contributed by atoms with Crippen molar-refractivity contribution in [3.05, 3.63) is 0 Å². The van der Waals surface area contributed by atoms with Crippen LogP contribution in [-0.4, -0.2) is 38.6 Å². The van der Waals surface area contributed by atoms with Crippen LogP contribution in [0.1, 0.15) is 46.0 Å². The number of hydrogen-bond donors (Lipinski definition) is 3. The van der Waals surface area contributed by atoms with Gasteiger partial charge >= 0.3 is 0 Å². The third kappa shape index (κ3) is 13.3. The monoisotopic (exact) mass is 243 g/mol. The molecule has 0 saturated carbocycles. The minimum Gasteiger partial charge on any atom is -0.356 e. The fourth-order valence-electron chi connectivity index (χ4n) is 1.56. The summed E-state index contributed by atoms with van der Waals surface area (Å²) >= 11 is 0. The molecule has 0 atom stereocenters. The second kappa shape index (κ2) is 11.9. The summed E-state index contributed by atoms with van der Waals surface area (Å²) in [6, 6.07) is 0.526. The van der Waals surface area contributed by atoms with Crippen molar-refractivity contribution in [3.63, 3.8) is 0 Å². The van der Waals surface area contributed by atoms with E-state index in [0.29, 0.717) is 12.5 Å². The van der Waals surface area contributed by atoms with Gasteiger partial charge in [-0.05, 0) is 39.4 Å². The van der Waals surface area contributed by atoms with Gasteiger partial charge in [0.25, 0.3) is 0 Å². The lowest BCUT2D eigenvalue weighted by molar-refractivity contribution is -0.121. The highest BCUT2D eigenvalue weighted by molar-refractivity contribution is 5.75. The van der Waals surface area contributed by atoms with Crippen LogP contribution in [-0.2, 0) is 4.79 Å². The number of carbonyl (C=O) groups excluding carboxylic acids is 1. The van der Waals surface area contributed by atoms with Crippen molar-refractivity contribution in [2.45, 2.75) is 52.0 Å². The van der Waals surface area contributed by atoms with Crippen LogP contribution in [0, 0.1) is 0 Å². The molecule has 0 heterocycles. The molecular formula is C13H29N3O. The Morgan fingerprint density at radius 3 is 2.41 bits per heavy atom. The van der Waals surface area contributed by atoms with Gasteiger partial charge in [-0.15, -0.1) is 0 Å². The summed E-state index contributed by atoms with van der Waals surface area (Å²) in [6.45, 7) is 7.06. The fourth-order valence-corrected chi connectivity index (χ4v) is 1.56. The zero-order valence-electron chi connectivity index (χ0n) is 11.6. The van der Waals surface area contributed by atoms with E-state index in [1.807, 2.05) is 7.05 Å². The highest BCUT2D eigenvalue weighted by atomic mass is 16.1. The summed E-state index contributed by atoms with van der Waals surface area (Å²) in [7, 11) is 1.96. The van der Waals surface area contributed by atoms with Gasteiger partial charge in [0, 0.05) is 19.0 Å². The SMILES string of the molecule is CNCCCCCC(=O)NCCCNC(C)C. The summed E-state index contributed by atoms with van der Waals surface area (Å²) in [4.78, 5) is 11.4. The number of amides is 1. The van der Waals surface area contributed by atoms with Gasteiger partial charge in [0.05, 0.1) is 0 Å². The second-order valence-electron chi connectivity index (χ2n) is 4.73. The van der Waals surface area contributed by atoms with Gasteiger partial charge < -0.3 is 16.0 Å². The van der Waals surface area contributed by atoms with Crippen LogP contribution in [0.4, 0.5) is 0 Å². The molecule has 0 aliphatic rings. The molecule has 0 aromatic carbocycles. The van der Waals surface area contributed by atoms with Gasteiger partial charge in [0.2, 0.25) is 5.91 Å². The van der Waals surface area contributed by atoms with Crippen LogP contribution in [0.15, 0.2) is 0 Å². The van der Waals surface area contributed by atoms with Gasteiger partial charge in [0.15, 0.2) is 0 Å². The molecule has 0 unspecified atom stereocenters. The highest BCUT2D eigenvalue weighted by Gasteiger charge is 2.00. The second-order valence-corrected chi connectivity index (χ2v) is 4.73. The van der Waals surface area contributed by atoms with Gasteiger partial charge in [-0.25, -0.2) is 0 Å². The first kappa shape index (κ1) is 16.4. The van der Waals surface area contributed by atoms with E-state index in [1.165, 1.54) is 0 Å². The number of carbonyl (C=O) groups is 1. The summed E-state index contributed by atoms with van der Waals surface area (Å²) < 4.78 is 0. The van der Waals surface area contributed by atoms with E-state index >= 15 is 0 Å². The smallest absolute Gasteiger partial charge is 0.219 e. The van der Waals surface area contributed by atoms with Crippen molar-refractivity contribution in [3.8, 4) is 0 Å². The topological polar surface area (TPSA) is 53.2 Å². The Morgan fingerprint density at radius 1 is 1.00 bits per heavy atom. The van der Waals surface area contributed by atoms with Crippen molar-refractivity contribution in [2.24, 2.45) is 0 Å². The van der Waals surface area contributed by atoms with Crippen molar-refractivity contribution >= 4 is 5.91 Å². The van der Waals surface area contributed by atoms with Gasteiger partial charge in [0.1, 0.15) is 0 Å². The predicted octanol–water partition coefficient (Wildman–Crippen LogP) is 1.27. The molecule has 0 aromatic rings. The average Bonchev–Trinajstić information content (AvgIpc) is 2.28. The van der Waals surface area contributed by atoms with E-state index in [4.69, 9.17) is 0 Å². The molecule has 102 valence electrons. The normalized spacial score (nSPS) is 10.8. The third-order valence-corrected chi connectivity index (χ3v) is 2.56. The Balaban J connectivity index is 3.18. The van der Waals surface area contributed by atoms with E-state index < -0.39 is 0 Å². The van der Waals surface area contributed by atoms with Crippen LogP contribution in [0.2, 0.25) is 0 Å². The van der Waals surface area contributed by atoms with Crippen LogP contribution in [0.5, 0.6) is 0 Å². The van der Waals surface area contributed by atoms with Gasteiger partial charge in [-0.1, -0.05) is 20.3 Å². The van der Waals surface area contributed by atoms with Crippen LogP contribution in [0.25, 0.3) is 0 Å². The molecule has 3 N–H and O–H groups in total. The predicted molar refractivity (Wildman–Crippen MR) is 73.2 cm³/mol. The molecule has 0 bridgehead atoms. The third-order valence-electron chi connectivity index (χ3n) is 2.56. The zero-order chi connectivity index (χ0) is 12.9. The van der Waals surface area contributed by atoms with Crippen molar-refractivity contribution < 1.29 is 4.79 Å². The molecule has 0 radical (unpaired) electrons. The highest BCUT2D eigenvalue weighted by Crippen LogP contribution is 1.98. The average molecular weight is 243 g/mol. The Morgan fingerprint density at radius 2 is 1.76 bits per heavy atom. The molecule has 0 spiro atoms. The lowest BCUT2D eigenvalue weighted by Gasteiger charge is -2.08. The largest absolute Gasteiger partial charge is 0.356 e. The lowest BCUT2D eigenvalue weighted by atomic mass is 10.2. The van der Waals surface area contributed by atoms with Crippen molar-refractivity contribution in [2.75, 3.05) is 26.7 Å². The number of rotatable bonds is 11. The molecule has 0 rings (SSSR count). The molecule has 0 fully saturated rings. The molecule has 17 heavy (non-hydrogen) atoms. The molecule has 0 aromatic heterocycles. The molecule has 4 nitrogen and oxygen atoms in total.